The maximum absolute atomic E-state index is 14.0. The van der Waals surface area contributed by atoms with E-state index in [1.165, 1.54) is 44.9 Å². The number of rotatable bonds is 3. The van der Waals surface area contributed by atoms with Gasteiger partial charge in [0.2, 0.25) is 0 Å². The van der Waals surface area contributed by atoms with Crippen LogP contribution in [0.4, 0.5) is 0 Å². The number of para-hydroxylation sites is 2. The molecule has 4 bridgehead atoms. The summed E-state index contributed by atoms with van der Waals surface area (Å²) in [4.78, 5) is 36.8. The summed E-state index contributed by atoms with van der Waals surface area (Å²) >= 11 is 0. The summed E-state index contributed by atoms with van der Waals surface area (Å²) in [5, 5.41) is 0. The number of fused-ring (bicyclic) bond motifs is 5. The van der Waals surface area contributed by atoms with Crippen LogP contribution >= 0.6 is 0 Å². The smallest absolute Gasteiger partial charge is 0.278 e. The molecule has 4 aliphatic rings. The summed E-state index contributed by atoms with van der Waals surface area (Å²) in [5.41, 5.74) is 1.72. The Morgan fingerprint density at radius 3 is 2.27 bits per heavy atom. The molecular weight excluding hydrogens is 464 g/mol. The van der Waals surface area contributed by atoms with Gasteiger partial charge in [0.15, 0.2) is 0 Å². The van der Waals surface area contributed by atoms with Crippen molar-refractivity contribution in [3.8, 4) is 11.3 Å². The minimum absolute atomic E-state index is 0.0583. The molecule has 2 aliphatic heterocycles. The standard InChI is InChI=1S/C30H36N4O3/c35-29-25(8-5-11-31-29)28-30(36)34(27-10-4-3-9-26(27)32-28)22-15-23-17-37-18-24(16-22)33(23)21-13-19-6-1-2-7-20(12-19)14-21/h3-5,8-11,19-24H,1-2,6-7,12-18H2,(H,31,35). The van der Waals surface area contributed by atoms with Crippen molar-refractivity contribution in [2.75, 3.05) is 13.2 Å². The summed E-state index contributed by atoms with van der Waals surface area (Å²) < 4.78 is 8.05. The molecule has 7 heteroatoms. The molecule has 2 saturated carbocycles. The Balaban J connectivity index is 1.26. The molecule has 7 rings (SSSR count). The minimum Gasteiger partial charge on any atom is -0.378 e. The number of aromatic amines is 1. The Morgan fingerprint density at radius 1 is 0.811 bits per heavy atom. The third kappa shape index (κ3) is 4.16. The van der Waals surface area contributed by atoms with Crippen LogP contribution in [0, 0.1) is 11.8 Å². The first-order valence-corrected chi connectivity index (χ1v) is 14.2. The number of aromatic nitrogens is 3. The Morgan fingerprint density at radius 2 is 1.54 bits per heavy atom. The van der Waals surface area contributed by atoms with Crippen molar-refractivity contribution in [2.45, 2.75) is 82.0 Å². The largest absolute Gasteiger partial charge is 0.378 e. The quantitative estimate of drug-likeness (QED) is 0.572. The molecule has 1 aromatic carbocycles. The van der Waals surface area contributed by atoms with Crippen molar-refractivity contribution in [3.63, 3.8) is 0 Å². The van der Waals surface area contributed by atoms with E-state index >= 15 is 0 Å². The van der Waals surface area contributed by atoms with E-state index in [4.69, 9.17) is 4.74 Å². The van der Waals surface area contributed by atoms with Gasteiger partial charge >= 0.3 is 0 Å². The number of benzene rings is 1. The lowest BCUT2D eigenvalue weighted by molar-refractivity contribution is -0.116. The molecule has 2 aromatic heterocycles. The normalized spacial score (nSPS) is 32.2. The molecule has 0 amide bonds. The number of nitrogens with one attached hydrogen (secondary N) is 1. The fourth-order valence-electron chi connectivity index (χ4n) is 8.13. The summed E-state index contributed by atoms with van der Waals surface area (Å²) in [7, 11) is 0. The first-order valence-electron chi connectivity index (χ1n) is 14.2. The Hall–Kier alpha value is -2.77. The number of H-pyrrole nitrogens is 1. The highest BCUT2D eigenvalue weighted by Crippen LogP contribution is 2.45. The molecule has 4 heterocycles. The zero-order valence-electron chi connectivity index (χ0n) is 21.4. The van der Waals surface area contributed by atoms with Gasteiger partial charge in [-0.3, -0.25) is 14.5 Å². The lowest BCUT2D eigenvalue weighted by atomic mass is 9.75. The van der Waals surface area contributed by atoms with E-state index in [9.17, 15) is 9.59 Å². The lowest BCUT2D eigenvalue weighted by Gasteiger charge is -2.54. The van der Waals surface area contributed by atoms with Crippen LogP contribution in [0.1, 0.15) is 63.8 Å². The fourth-order valence-corrected chi connectivity index (χ4v) is 8.13. The number of ether oxygens (including phenoxy) is 1. The molecule has 4 unspecified atom stereocenters. The van der Waals surface area contributed by atoms with Crippen molar-refractivity contribution in [3.05, 3.63) is 63.3 Å². The van der Waals surface area contributed by atoms with Gasteiger partial charge in [0, 0.05) is 30.4 Å². The van der Waals surface area contributed by atoms with Gasteiger partial charge in [-0.15, -0.1) is 0 Å². The minimum atomic E-state index is -0.284. The van der Waals surface area contributed by atoms with Crippen LogP contribution in [0.3, 0.4) is 0 Å². The van der Waals surface area contributed by atoms with Crippen LogP contribution in [0.2, 0.25) is 0 Å². The zero-order valence-corrected chi connectivity index (χ0v) is 21.4. The molecule has 37 heavy (non-hydrogen) atoms. The van der Waals surface area contributed by atoms with Crippen molar-refractivity contribution in [1.82, 2.24) is 19.4 Å². The molecule has 0 radical (unpaired) electrons. The number of hydrogen-bond acceptors (Lipinski definition) is 5. The van der Waals surface area contributed by atoms with E-state index in [0.29, 0.717) is 23.7 Å². The third-order valence-electron chi connectivity index (χ3n) is 9.56. The van der Waals surface area contributed by atoms with Gasteiger partial charge in [-0.25, -0.2) is 4.98 Å². The van der Waals surface area contributed by atoms with E-state index in [2.05, 4.69) is 14.9 Å². The molecule has 4 atom stereocenters. The second-order valence-corrected chi connectivity index (χ2v) is 11.8. The van der Waals surface area contributed by atoms with Crippen LogP contribution in [0.5, 0.6) is 0 Å². The SMILES string of the molecule is O=c1[nH]cccc1-c1nc2ccccc2n(C2CC3COCC(C2)N3C2CC3CCCCC(C3)C2)c1=O. The van der Waals surface area contributed by atoms with Gasteiger partial charge in [-0.1, -0.05) is 37.8 Å². The zero-order chi connectivity index (χ0) is 24.9. The topological polar surface area (TPSA) is 80.2 Å². The van der Waals surface area contributed by atoms with Crippen LogP contribution in [-0.2, 0) is 4.74 Å². The van der Waals surface area contributed by atoms with Crippen LogP contribution in [-0.4, -0.2) is 50.8 Å². The summed E-state index contributed by atoms with van der Waals surface area (Å²) in [5.74, 6) is 1.76. The summed E-state index contributed by atoms with van der Waals surface area (Å²) in [6, 6.07) is 12.6. The van der Waals surface area contributed by atoms with Gasteiger partial charge in [0.25, 0.3) is 11.1 Å². The highest BCUT2D eigenvalue weighted by atomic mass is 16.5. The molecule has 1 N–H and O–H groups in total. The van der Waals surface area contributed by atoms with Gasteiger partial charge in [-0.05, 0) is 68.2 Å². The predicted molar refractivity (Wildman–Crippen MR) is 144 cm³/mol. The second-order valence-electron chi connectivity index (χ2n) is 11.8. The molecular formula is C30H36N4O3. The highest BCUT2D eigenvalue weighted by Gasteiger charge is 2.45. The van der Waals surface area contributed by atoms with Gasteiger partial charge < -0.3 is 14.3 Å². The maximum Gasteiger partial charge on any atom is 0.278 e. The third-order valence-corrected chi connectivity index (χ3v) is 9.56. The molecule has 194 valence electrons. The highest BCUT2D eigenvalue weighted by molar-refractivity contribution is 5.77. The number of morpholine rings is 1. The Bertz CT molecular complexity index is 1390. The summed E-state index contributed by atoms with van der Waals surface area (Å²) in [6.45, 7) is 1.48. The average molecular weight is 501 g/mol. The second kappa shape index (κ2) is 9.52. The van der Waals surface area contributed by atoms with Gasteiger partial charge in [-0.2, -0.15) is 0 Å². The molecule has 0 spiro atoms. The molecule has 4 fully saturated rings. The van der Waals surface area contributed by atoms with E-state index in [-0.39, 0.29) is 22.9 Å². The Labute approximate surface area is 216 Å². The number of hydrogen-bond donors (Lipinski definition) is 1. The van der Waals surface area contributed by atoms with E-state index in [0.717, 1.165) is 48.9 Å². The predicted octanol–water partition coefficient (Wildman–Crippen LogP) is 4.52. The Kier molecular flexibility index (Phi) is 6.01. The van der Waals surface area contributed by atoms with Gasteiger partial charge in [0.1, 0.15) is 5.69 Å². The fraction of sp³-hybridized carbons (Fsp3) is 0.567. The first-order chi connectivity index (χ1) is 18.2. The van der Waals surface area contributed by atoms with Crippen molar-refractivity contribution >= 4 is 11.0 Å². The monoisotopic (exact) mass is 500 g/mol. The molecule has 2 saturated heterocycles. The molecule has 2 aliphatic carbocycles. The lowest BCUT2D eigenvalue weighted by Crippen LogP contribution is -2.62. The van der Waals surface area contributed by atoms with Crippen molar-refractivity contribution in [1.29, 1.82) is 0 Å². The van der Waals surface area contributed by atoms with E-state index in [1.54, 1.807) is 18.3 Å². The maximum atomic E-state index is 14.0. The summed E-state index contributed by atoms with van der Waals surface area (Å²) in [6.07, 6.45) is 13.0. The number of piperidine rings is 1. The van der Waals surface area contributed by atoms with Crippen molar-refractivity contribution in [2.24, 2.45) is 11.8 Å². The van der Waals surface area contributed by atoms with Crippen LogP contribution < -0.4 is 11.1 Å². The average Bonchev–Trinajstić information content (AvgIpc) is 3.07. The van der Waals surface area contributed by atoms with Gasteiger partial charge in [0.05, 0.1) is 29.8 Å². The van der Waals surface area contributed by atoms with Crippen LogP contribution in [0.25, 0.3) is 22.3 Å². The number of pyridine rings is 1. The van der Waals surface area contributed by atoms with E-state index in [1.807, 2.05) is 28.8 Å². The van der Waals surface area contributed by atoms with E-state index < -0.39 is 0 Å². The van der Waals surface area contributed by atoms with Crippen molar-refractivity contribution < 1.29 is 4.74 Å². The van der Waals surface area contributed by atoms with Crippen LogP contribution in [0.15, 0.2) is 52.2 Å². The number of nitrogens with zero attached hydrogens (tertiary/aromatic N) is 3. The first kappa shape index (κ1) is 23.4. The molecule has 3 aromatic rings. The molecule has 7 nitrogen and oxygen atoms in total.